The summed E-state index contributed by atoms with van der Waals surface area (Å²) in [6.07, 6.45) is 4.32. The highest BCUT2D eigenvalue weighted by Crippen LogP contribution is 2.44. The molecule has 0 aliphatic carbocycles. The highest BCUT2D eigenvalue weighted by atomic mass is 16.5. The molecule has 17 heavy (non-hydrogen) atoms. The Balaban J connectivity index is 2.20. The van der Waals surface area contributed by atoms with E-state index in [2.05, 4.69) is 43.3 Å². The first-order valence-corrected chi connectivity index (χ1v) is 5.88. The van der Waals surface area contributed by atoms with Crippen molar-refractivity contribution in [2.45, 2.75) is 12.8 Å². The van der Waals surface area contributed by atoms with Crippen molar-refractivity contribution in [3.8, 4) is 11.5 Å². The fourth-order valence-electron chi connectivity index (χ4n) is 2.35. The molecule has 0 atom stereocenters. The van der Waals surface area contributed by atoms with Crippen LogP contribution in [0.4, 0.5) is 0 Å². The summed E-state index contributed by atoms with van der Waals surface area (Å²) in [5.41, 5.74) is 2.48. The van der Waals surface area contributed by atoms with E-state index in [-0.39, 0.29) is 0 Å². The van der Waals surface area contributed by atoms with Crippen molar-refractivity contribution in [2.24, 2.45) is 0 Å². The SMILES string of the molecule is C/C=C/C1c2ccccc2Oc2ccccc21. The van der Waals surface area contributed by atoms with Crippen LogP contribution in [-0.2, 0) is 0 Å². The van der Waals surface area contributed by atoms with E-state index in [0.717, 1.165) is 11.5 Å². The molecule has 1 heteroatoms. The van der Waals surface area contributed by atoms with Crippen LogP contribution in [0.15, 0.2) is 60.7 Å². The van der Waals surface area contributed by atoms with E-state index >= 15 is 0 Å². The molecule has 0 aromatic heterocycles. The molecule has 0 radical (unpaired) electrons. The van der Waals surface area contributed by atoms with E-state index < -0.39 is 0 Å². The Kier molecular flexibility index (Phi) is 2.45. The maximum atomic E-state index is 5.92. The Labute approximate surface area is 101 Å². The number of hydrogen-bond donors (Lipinski definition) is 0. The lowest BCUT2D eigenvalue weighted by atomic mass is 9.88. The van der Waals surface area contributed by atoms with Gasteiger partial charge in [0.15, 0.2) is 0 Å². The van der Waals surface area contributed by atoms with Crippen LogP contribution in [0.1, 0.15) is 24.0 Å². The molecule has 1 heterocycles. The molecule has 2 aromatic carbocycles. The lowest BCUT2D eigenvalue weighted by molar-refractivity contribution is 0.454. The van der Waals surface area contributed by atoms with E-state index in [4.69, 9.17) is 4.74 Å². The average molecular weight is 222 g/mol. The summed E-state index contributed by atoms with van der Waals surface area (Å²) in [6, 6.07) is 16.5. The third-order valence-corrected chi connectivity index (χ3v) is 3.11. The Bertz CT molecular complexity index is 524. The molecule has 1 aliphatic rings. The molecule has 0 spiro atoms. The van der Waals surface area contributed by atoms with Crippen molar-refractivity contribution in [1.82, 2.24) is 0 Å². The smallest absolute Gasteiger partial charge is 0.131 e. The summed E-state index contributed by atoms with van der Waals surface area (Å²) in [4.78, 5) is 0. The quantitative estimate of drug-likeness (QED) is 0.645. The van der Waals surface area contributed by atoms with Crippen LogP contribution >= 0.6 is 0 Å². The summed E-state index contributed by atoms with van der Waals surface area (Å²) in [6.45, 7) is 2.06. The third kappa shape index (κ3) is 1.64. The largest absolute Gasteiger partial charge is 0.457 e. The van der Waals surface area contributed by atoms with Crippen molar-refractivity contribution in [3.63, 3.8) is 0 Å². The predicted octanol–water partition coefficient (Wildman–Crippen LogP) is 4.50. The molecule has 1 aliphatic heterocycles. The lowest BCUT2D eigenvalue weighted by Gasteiger charge is -2.26. The molecule has 0 N–H and O–H groups in total. The number of ether oxygens (including phenoxy) is 1. The first-order chi connectivity index (χ1) is 8.40. The number of para-hydroxylation sites is 2. The highest BCUT2D eigenvalue weighted by molar-refractivity contribution is 5.55. The molecule has 0 fully saturated rings. The molecular weight excluding hydrogens is 208 g/mol. The van der Waals surface area contributed by atoms with Gasteiger partial charge < -0.3 is 4.74 Å². The van der Waals surface area contributed by atoms with Crippen molar-refractivity contribution < 1.29 is 4.74 Å². The minimum Gasteiger partial charge on any atom is -0.457 e. The van der Waals surface area contributed by atoms with Gasteiger partial charge in [0.25, 0.3) is 0 Å². The first kappa shape index (κ1) is 10.2. The van der Waals surface area contributed by atoms with Crippen LogP contribution in [0.3, 0.4) is 0 Å². The van der Waals surface area contributed by atoms with E-state index in [9.17, 15) is 0 Å². The van der Waals surface area contributed by atoms with Crippen LogP contribution in [0.25, 0.3) is 0 Å². The third-order valence-electron chi connectivity index (χ3n) is 3.11. The van der Waals surface area contributed by atoms with Crippen molar-refractivity contribution in [3.05, 3.63) is 71.8 Å². The standard InChI is InChI=1S/C16H14O/c1-2-7-12-13-8-3-5-10-15(13)17-16-11-6-4-9-14(12)16/h2-12H,1H3/b7-2+. The first-order valence-electron chi connectivity index (χ1n) is 5.88. The van der Waals surface area contributed by atoms with E-state index in [1.807, 2.05) is 24.3 Å². The number of rotatable bonds is 1. The number of hydrogen-bond acceptors (Lipinski definition) is 1. The fraction of sp³-hybridized carbons (Fsp3) is 0.125. The molecule has 0 bridgehead atoms. The summed E-state index contributed by atoms with van der Waals surface area (Å²) in [7, 11) is 0. The average Bonchev–Trinajstić information content (AvgIpc) is 2.39. The van der Waals surface area contributed by atoms with E-state index in [1.54, 1.807) is 0 Å². The second-order valence-corrected chi connectivity index (χ2v) is 4.18. The Morgan fingerprint density at radius 1 is 0.882 bits per heavy atom. The van der Waals surface area contributed by atoms with Crippen LogP contribution in [0.5, 0.6) is 11.5 Å². The maximum absolute atomic E-state index is 5.92. The number of benzene rings is 2. The molecule has 0 saturated heterocycles. The van der Waals surface area contributed by atoms with Crippen LogP contribution in [0.2, 0.25) is 0 Å². The van der Waals surface area contributed by atoms with Gasteiger partial charge in [0.1, 0.15) is 11.5 Å². The molecule has 0 saturated carbocycles. The van der Waals surface area contributed by atoms with Gasteiger partial charge in [-0.2, -0.15) is 0 Å². The monoisotopic (exact) mass is 222 g/mol. The van der Waals surface area contributed by atoms with Crippen molar-refractivity contribution >= 4 is 0 Å². The minimum absolute atomic E-state index is 0.307. The molecular formula is C16H14O. The Hall–Kier alpha value is -2.02. The van der Waals surface area contributed by atoms with Crippen LogP contribution in [-0.4, -0.2) is 0 Å². The molecule has 1 nitrogen and oxygen atoms in total. The zero-order valence-electron chi connectivity index (χ0n) is 9.76. The predicted molar refractivity (Wildman–Crippen MR) is 69.6 cm³/mol. The summed E-state index contributed by atoms with van der Waals surface area (Å²) in [5.74, 6) is 2.24. The molecule has 3 rings (SSSR count). The van der Waals surface area contributed by atoms with E-state index in [1.165, 1.54) is 11.1 Å². The topological polar surface area (TPSA) is 9.23 Å². The van der Waals surface area contributed by atoms with Gasteiger partial charge in [-0.15, -0.1) is 0 Å². The molecule has 84 valence electrons. The van der Waals surface area contributed by atoms with Crippen molar-refractivity contribution in [2.75, 3.05) is 0 Å². The number of fused-ring (bicyclic) bond motifs is 2. The number of allylic oxidation sites excluding steroid dienone is 2. The van der Waals surface area contributed by atoms with Gasteiger partial charge in [-0.05, 0) is 19.1 Å². The van der Waals surface area contributed by atoms with E-state index in [0.29, 0.717) is 5.92 Å². The van der Waals surface area contributed by atoms with Gasteiger partial charge in [-0.1, -0.05) is 48.6 Å². The molecule has 0 amide bonds. The second kappa shape index (κ2) is 4.10. The van der Waals surface area contributed by atoms with Gasteiger partial charge in [0.2, 0.25) is 0 Å². The Morgan fingerprint density at radius 2 is 1.41 bits per heavy atom. The Morgan fingerprint density at radius 3 is 1.94 bits per heavy atom. The van der Waals surface area contributed by atoms with Gasteiger partial charge in [-0.25, -0.2) is 0 Å². The second-order valence-electron chi connectivity index (χ2n) is 4.18. The van der Waals surface area contributed by atoms with Crippen molar-refractivity contribution in [1.29, 1.82) is 0 Å². The zero-order valence-corrected chi connectivity index (χ0v) is 9.76. The minimum atomic E-state index is 0.307. The lowest BCUT2D eigenvalue weighted by Crippen LogP contribution is -2.07. The molecule has 2 aromatic rings. The van der Waals surface area contributed by atoms with Gasteiger partial charge >= 0.3 is 0 Å². The van der Waals surface area contributed by atoms with Gasteiger partial charge in [0.05, 0.1) is 0 Å². The van der Waals surface area contributed by atoms with Gasteiger partial charge in [-0.3, -0.25) is 0 Å². The maximum Gasteiger partial charge on any atom is 0.131 e. The normalized spacial score (nSPS) is 14.2. The summed E-state index contributed by atoms with van der Waals surface area (Å²) < 4.78 is 5.92. The van der Waals surface area contributed by atoms with Crippen LogP contribution in [0, 0.1) is 0 Å². The summed E-state index contributed by atoms with van der Waals surface area (Å²) in [5, 5.41) is 0. The molecule has 0 unspecified atom stereocenters. The highest BCUT2D eigenvalue weighted by Gasteiger charge is 2.24. The fourth-order valence-corrected chi connectivity index (χ4v) is 2.35. The van der Waals surface area contributed by atoms with Crippen LogP contribution < -0.4 is 4.74 Å². The summed E-state index contributed by atoms with van der Waals surface area (Å²) >= 11 is 0. The van der Waals surface area contributed by atoms with Gasteiger partial charge in [0, 0.05) is 17.0 Å². The zero-order chi connectivity index (χ0) is 11.7.